The van der Waals surface area contributed by atoms with Gasteiger partial charge in [0.05, 0.1) is 5.02 Å². The molecule has 0 radical (unpaired) electrons. The predicted octanol–water partition coefficient (Wildman–Crippen LogP) is 8.20. The molecule has 190 valence electrons. The molecule has 2 heterocycles. The largest absolute Gasteiger partial charge is 0.457 e. The number of fused-ring (bicyclic) bond motifs is 1. The normalized spacial score (nSPS) is 11.3. The molecule has 9 heteroatoms. The number of halogens is 2. The summed E-state index contributed by atoms with van der Waals surface area (Å²) in [4.78, 5) is 17.0. The molecule has 0 fully saturated rings. The molecule has 0 bridgehead atoms. The van der Waals surface area contributed by atoms with Gasteiger partial charge in [0.1, 0.15) is 17.0 Å². The first-order chi connectivity index (χ1) is 18.2. The Kier molecular flexibility index (Phi) is 7.33. The number of thiocarbonyl (C=S) groups is 1. The minimum Gasteiger partial charge on any atom is -0.457 e. The second-order valence-corrected chi connectivity index (χ2v) is 9.88. The molecule has 3 aromatic carbocycles. The molecule has 0 unspecified atom stereocenters. The van der Waals surface area contributed by atoms with Crippen molar-refractivity contribution in [3.05, 3.63) is 99.7 Å². The van der Waals surface area contributed by atoms with E-state index in [2.05, 4.69) is 21.7 Å². The molecule has 38 heavy (non-hydrogen) atoms. The average molecular weight is 562 g/mol. The lowest BCUT2D eigenvalue weighted by molar-refractivity contribution is -0.115. The number of nitrogens with zero attached hydrogens (tertiary/aromatic N) is 1. The topological polar surface area (TPSA) is 80.3 Å². The molecule has 2 aromatic heterocycles. The highest BCUT2D eigenvalue weighted by Gasteiger charge is 2.12. The Morgan fingerprint density at radius 1 is 1.00 bits per heavy atom. The molecule has 5 aromatic rings. The fourth-order valence-electron chi connectivity index (χ4n) is 3.98. The Bertz CT molecular complexity index is 1720. The van der Waals surface area contributed by atoms with E-state index >= 15 is 0 Å². The van der Waals surface area contributed by atoms with Crippen LogP contribution in [0, 0.1) is 13.8 Å². The lowest BCUT2D eigenvalue weighted by Gasteiger charge is -2.08. The Hall–Kier alpha value is -3.91. The molecule has 0 spiro atoms. The highest BCUT2D eigenvalue weighted by molar-refractivity contribution is 7.80. The SMILES string of the molecule is Cc1cc(C)c2oc(-c3cccc(NC(=S)NC(=O)/C=C/c4ccc(-c5ccc(Cl)cc5Cl)o4)c3)nc2c1. The van der Waals surface area contributed by atoms with Crippen LogP contribution in [0.2, 0.25) is 10.0 Å². The van der Waals surface area contributed by atoms with Crippen LogP contribution in [0.4, 0.5) is 5.69 Å². The van der Waals surface area contributed by atoms with Crippen molar-refractivity contribution in [2.24, 2.45) is 0 Å². The van der Waals surface area contributed by atoms with Crippen molar-refractivity contribution < 1.29 is 13.6 Å². The maximum atomic E-state index is 12.4. The summed E-state index contributed by atoms with van der Waals surface area (Å²) in [7, 11) is 0. The third-order valence-corrected chi connectivity index (χ3v) is 6.40. The van der Waals surface area contributed by atoms with E-state index < -0.39 is 5.91 Å². The van der Waals surface area contributed by atoms with Gasteiger partial charge in [-0.15, -0.1) is 0 Å². The first-order valence-electron chi connectivity index (χ1n) is 11.6. The van der Waals surface area contributed by atoms with Crippen molar-refractivity contribution in [2.75, 3.05) is 5.32 Å². The lowest BCUT2D eigenvalue weighted by Crippen LogP contribution is -2.32. The van der Waals surface area contributed by atoms with Crippen LogP contribution in [0.5, 0.6) is 0 Å². The number of carbonyl (C=O) groups is 1. The van der Waals surface area contributed by atoms with Gasteiger partial charge in [0.15, 0.2) is 10.7 Å². The van der Waals surface area contributed by atoms with Gasteiger partial charge in [0, 0.05) is 27.9 Å². The van der Waals surface area contributed by atoms with Gasteiger partial charge in [0.25, 0.3) is 0 Å². The smallest absolute Gasteiger partial charge is 0.250 e. The van der Waals surface area contributed by atoms with Crippen LogP contribution in [0.1, 0.15) is 16.9 Å². The van der Waals surface area contributed by atoms with Gasteiger partial charge in [0.2, 0.25) is 11.8 Å². The highest BCUT2D eigenvalue weighted by atomic mass is 35.5. The van der Waals surface area contributed by atoms with Gasteiger partial charge in [-0.3, -0.25) is 10.1 Å². The summed E-state index contributed by atoms with van der Waals surface area (Å²) in [5, 5.41) is 6.80. The summed E-state index contributed by atoms with van der Waals surface area (Å²) < 4.78 is 11.8. The number of hydrogen-bond donors (Lipinski definition) is 2. The van der Waals surface area contributed by atoms with E-state index in [1.54, 1.807) is 36.4 Å². The molecule has 0 aliphatic carbocycles. The zero-order valence-electron chi connectivity index (χ0n) is 20.3. The van der Waals surface area contributed by atoms with E-state index in [4.69, 9.17) is 44.3 Å². The van der Waals surface area contributed by atoms with E-state index in [-0.39, 0.29) is 5.11 Å². The minimum atomic E-state index is -0.411. The molecule has 6 nitrogen and oxygen atoms in total. The molecular formula is C29H21Cl2N3O3S. The van der Waals surface area contributed by atoms with Crippen molar-refractivity contribution in [3.63, 3.8) is 0 Å². The van der Waals surface area contributed by atoms with Crippen LogP contribution in [0.3, 0.4) is 0 Å². The molecule has 0 saturated carbocycles. The number of oxazole rings is 1. The van der Waals surface area contributed by atoms with E-state index in [0.717, 1.165) is 27.8 Å². The Morgan fingerprint density at radius 3 is 2.66 bits per heavy atom. The predicted molar refractivity (Wildman–Crippen MR) is 156 cm³/mol. The zero-order chi connectivity index (χ0) is 26.8. The number of nitrogens with one attached hydrogen (secondary N) is 2. The van der Waals surface area contributed by atoms with Gasteiger partial charge in [-0.2, -0.15) is 0 Å². The molecular weight excluding hydrogens is 541 g/mol. The Morgan fingerprint density at radius 2 is 1.84 bits per heavy atom. The van der Waals surface area contributed by atoms with Crippen LogP contribution in [-0.4, -0.2) is 16.0 Å². The summed E-state index contributed by atoms with van der Waals surface area (Å²) in [5.41, 5.74) is 5.90. The van der Waals surface area contributed by atoms with Crippen LogP contribution >= 0.6 is 35.4 Å². The zero-order valence-corrected chi connectivity index (χ0v) is 22.7. The maximum absolute atomic E-state index is 12.4. The van der Waals surface area contributed by atoms with Crippen molar-refractivity contribution in [2.45, 2.75) is 13.8 Å². The highest BCUT2D eigenvalue weighted by Crippen LogP contribution is 2.32. The van der Waals surface area contributed by atoms with Crippen molar-refractivity contribution in [1.29, 1.82) is 0 Å². The molecule has 2 N–H and O–H groups in total. The quantitative estimate of drug-likeness (QED) is 0.166. The Labute approximate surface area is 234 Å². The number of aromatic nitrogens is 1. The number of benzene rings is 3. The van der Waals surface area contributed by atoms with E-state index in [1.165, 1.54) is 6.08 Å². The van der Waals surface area contributed by atoms with Gasteiger partial charge < -0.3 is 14.2 Å². The number of furan rings is 1. The summed E-state index contributed by atoms with van der Waals surface area (Å²) in [6.45, 7) is 4.02. The monoisotopic (exact) mass is 561 g/mol. The maximum Gasteiger partial charge on any atom is 0.250 e. The third kappa shape index (κ3) is 5.81. The van der Waals surface area contributed by atoms with Crippen molar-refractivity contribution in [3.8, 4) is 22.8 Å². The molecule has 0 atom stereocenters. The van der Waals surface area contributed by atoms with Gasteiger partial charge >= 0.3 is 0 Å². The average Bonchev–Trinajstić information content (AvgIpc) is 3.50. The number of rotatable bonds is 5. The first-order valence-corrected chi connectivity index (χ1v) is 12.7. The van der Waals surface area contributed by atoms with Crippen LogP contribution in [0.25, 0.3) is 40.0 Å². The second-order valence-electron chi connectivity index (χ2n) is 8.63. The number of carbonyl (C=O) groups excluding carboxylic acids is 1. The molecule has 0 aliphatic rings. The number of aryl methyl sites for hydroxylation is 2. The number of amides is 1. The summed E-state index contributed by atoms with van der Waals surface area (Å²) in [6.07, 6.45) is 2.88. The summed E-state index contributed by atoms with van der Waals surface area (Å²) >= 11 is 17.5. The third-order valence-electron chi connectivity index (χ3n) is 5.65. The van der Waals surface area contributed by atoms with Crippen LogP contribution in [-0.2, 0) is 4.79 Å². The van der Waals surface area contributed by atoms with Gasteiger partial charge in [-0.05, 0) is 97.9 Å². The molecule has 0 aliphatic heterocycles. The van der Waals surface area contributed by atoms with E-state index in [0.29, 0.717) is 38.7 Å². The Balaban J connectivity index is 1.22. The lowest BCUT2D eigenvalue weighted by atomic mass is 10.1. The van der Waals surface area contributed by atoms with Gasteiger partial charge in [-0.1, -0.05) is 35.3 Å². The van der Waals surface area contributed by atoms with Crippen molar-refractivity contribution in [1.82, 2.24) is 10.3 Å². The minimum absolute atomic E-state index is 0.147. The second kappa shape index (κ2) is 10.8. The van der Waals surface area contributed by atoms with Crippen LogP contribution < -0.4 is 10.6 Å². The molecule has 1 amide bonds. The standard InChI is InChI=1S/C29H21Cl2N3O3S/c1-16-12-17(2)27-24(13-16)33-28(37-27)18-4-3-5-20(14-18)32-29(38)34-26(35)11-8-21-7-10-25(36-21)22-9-6-19(30)15-23(22)31/h3-15H,1-2H3,(H2,32,34,35,38)/b11-8+. The first kappa shape index (κ1) is 25.7. The van der Waals surface area contributed by atoms with Crippen molar-refractivity contribution >= 4 is 69.3 Å². The fraction of sp³-hybridized carbons (Fsp3) is 0.0690. The van der Waals surface area contributed by atoms with E-state index in [1.807, 2.05) is 44.2 Å². The molecule has 0 saturated heterocycles. The van der Waals surface area contributed by atoms with E-state index in [9.17, 15) is 4.79 Å². The van der Waals surface area contributed by atoms with Gasteiger partial charge in [-0.25, -0.2) is 4.98 Å². The number of hydrogen-bond acceptors (Lipinski definition) is 5. The molecule has 5 rings (SSSR count). The van der Waals surface area contributed by atoms with Crippen LogP contribution in [0.15, 0.2) is 81.6 Å². The fourth-order valence-corrected chi connectivity index (χ4v) is 4.70. The summed E-state index contributed by atoms with van der Waals surface area (Å²) in [5.74, 6) is 1.14. The number of anilines is 1. The summed E-state index contributed by atoms with van der Waals surface area (Å²) in [6, 6.07) is 20.1.